The smallest absolute Gasteiger partial charge is 0.120 e. The molecule has 0 N–H and O–H groups in total. The van der Waals surface area contributed by atoms with Gasteiger partial charge in [0.15, 0.2) is 0 Å². The SMILES string of the molecule is C=CCOc1ccc2c(c1)CCC(C1CCC3CC(CCCCCCC)CCC3C1)C2. The average Bonchev–Trinajstić information content (AvgIpc) is 2.81. The highest BCUT2D eigenvalue weighted by Gasteiger charge is 2.38. The maximum Gasteiger partial charge on any atom is 0.120 e. The highest BCUT2D eigenvalue weighted by Crippen LogP contribution is 2.49. The molecule has 0 saturated heterocycles. The van der Waals surface area contributed by atoms with Crippen molar-refractivity contribution in [3.8, 4) is 5.75 Å². The van der Waals surface area contributed by atoms with Crippen LogP contribution in [0.25, 0.3) is 0 Å². The largest absolute Gasteiger partial charge is 0.490 e. The third-order valence-electron chi connectivity index (χ3n) is 8.96. The Bertz CT molecular complexity index is 692. The molecule has 0 spiro atoms. The Morgan fingerprint density at radius 3 is 2.48 bits per heavy atom. The number of aryl methyl sites for hydroxylation is 1. The maximum atomic E-state index is 5.76. The number of unbranched alkanes of at least 4 members (excludes halogenated alkanes) is 4. The van der Waals surface area contributed by atoms with Crippen LogP contribution >= 0.6 is 0 Å². The standard InChI is InChI=1S/C30H46O/c1-3-5-6-7-8-9-23-10-11-25-20-26(13-12-24(25)19-23)27-14-15-29-22-30(31-18-4-2)17-16-28(29)21-27/h4,16-17,22-27H,2-3,5-15,18-21H2,1H3. The maximum absolute atomic E-state index is 5.76. The molecular weight excluding hydrogens is 376 g/mol. The molecule has 2 saturated carbocycles. The van der Waals surface area contributed by atoms with Gasteiger partial charge in [-0.05, 0) is 104 Å². The third-order valence-corrected chi connectivity index (χ3v) is 8.96. The van der Waals surface area contributed by atoms with E-state index in [1.165, 1.54) is 95.5 Å². The van der Waals surface area contributed by atoms with E-state index in [1.54, 1.807) is 12.0 Å². The van der Waals surface area contributed by atoms with Crippen molar-refractivity contribution in [2.75, 3.05) is 6.61 Å². The van der Waals surface area contributed by atoms with Crippen LogP contribution in [0.15, 0.2) is 30.9 Å². The first kappa shape index (κ1) is 22.9. The molecule has 0 radical (unpaired) electrons. The average molecular weight is 423 g/mol. The Balaban J connectivity index is 1.23. The molecule has 0 heterocycles. The van der Waals surface area contributed by atoms with Gasteiger partial charge >= 0.3 is 0 Å². The van der Waals surface area contributed by atoms with E-state index in [0.717, 1.165) is 35.3 Å². The third kappa shape index (κ3) is 6.17. The summed E-state index contributed by atoms with van der Waals surface area (Å²) >= 11 is 0. The molecule has 5 unspecified atom stereocenters. The molecule has 1 heteroatoms. The fraction of sp³-hybridized carbons (Fsp3) is 0.733. The summed E-state index contributed by atoms with van der Waals surface area (Å²) in [4.78, 5) is 0. The molecule has 31 heavy (non-hydrogen) atoms. The van der Waals surface area contributed by atoms with Gasteiger partial charge in [0.25, 0.3) is 0 Å². The highest BCUT2D eigenvalue weighted by molar-refractivity contribution is 5.37. The molecule has 3 aliphatic carbocycles. The number of ether oxygens (including phenoxy) is 1. The lowest BCUT2D eigenvalue weighted by atomic mass is 9.61. The van der Waals surface area contributed by atoms with Crippen molar-refractivity contribution in [1.29, 1.82) is 0 Å². The van der Waals surface area contributed by atoms with Gasteiger partial charge in [-0.3, -0.25) is 0 Å². The zero-order chi connectivity index (χ0) is 21.5. The van der Waals surface area contributed by atoms with Gasteiger partial charge in [0.05, 0.1) is 0 Å². The summed E-state index contributed by atoms with van der Waals surface area (Å²) in [5, 5.41) is 0. The number of benzene rings is 1. The second kappa shape index (κ2) is 11.6. The summed E-state index contributed by atoms with van der Waals surface area (Å²) < 4.78 is 5.76. The molecular formula is C30H46O. The van der Waals surface area contributed by atoms with E-state index in [2.05, 4.69) is 31.7 Å². The van der Waals surface area contributed by atoms with E-state index >= 15 is 0 Å². The van der Waals surface area contributed by atoms with E-state index in [-0.39, 0.29) is 0 Å². The van der Waals surface area contributed by atoms with Crippen LogP contribution < -0.4 is 4.74 Å². The monoisotopic (exact) mass is 422 g/mol. The molecule has 0 amide bonds. The van der Waals surface area contributed by atoms with E-state index in [0.29, 0.717) is 6.61 Å². The van der Waals surface area contributed by atoms with Crippen LogP contribution in [0, 0.1) is 29.6 Å². The van der Waals surface area contributed by atoms with Crippen LogP contribution in [0.1, 0.15) is 102 Å². The van der Waals surface area contributed by atoms with Gasteiger partial charge in [-0.15, -0.1) is 0 Å². The van der Waals surface area contributed by atoms with E-state index in [9.17, 15) is 0 Å². The molecule has 2 fully saturated rings. The lowest BCUT2D eigenvalue weighted by Gasteiger charge is -2.45. The molecule has 4 rings (SSSR count). The van der Waals surface area contributed by atoms with Gasteiger partial charge in [0.1, 0.15) is 12.4 Å². The first-order valence-electron chi connectivity index (χ1n) is 13.6. The Labute approximate surface area is 192 Å². The summed E-state index contributed by atoms with van der Waals surface area (Å²) in [5.41, 5.74) is 3.13. The topological polar surface area (TPSA) is 9.23 Å². The number of fused-ring (bicyclic) bond motifs is 2. The predicted molar refractivity (Wildman–Crippen MR) is 133 cm³/mol. The van der Waals surface area contributed by atoms with Gasteiger partial charge in [-0.2, -0.15) is 0 Å². The Hall–Kier alpha value is -1.24. The van der Waals surface area contributed by atoms with Gasteiger partial charge < -0.3 is 4.74 Å². The van der Waals surface area contributed by atoms with Crippen LogP contribution in [0.5, 0.6) is 5.75 Å². The molecule has 5 atom stereocenters. The number of hydrogen-bond acceptors (Lipinski definition) is 1. The highest BCUT2D eigenvalue weighted by atomic mass is 16.5. The molecule has 0 aromatic heterocycles. The summed E-state index contributed by atoms with van der Waals surface area (Å²) in [6, 6.07) is 6.80. The molecule has 0 bridgehead atoms. The zero-order valence-corrected chi connectivity index (χ0v) is 20.1. The van der Waals surface area contributed by atoms with Gasteiger partial charge in [0.2, 0.25) is 0 Å². The Morgan fingerprint density at radius 2 is 1.65 bits per heavy atom. The fourth-order valence-corrected chi connectivity index (χ4v) is 7.16. The van der Waals surface area contributed by atoms with E-state index in [1.807, 2.05) is 6.08 Å². The number of rotatable bonds is 10. The predicted octanol–water partition coefficient (Wildman–Crippen LogP) is 8.55. The lowest BCUT2D eigenvalue weighted by Crippen LogP contribution is -2.35. The quantitative estimate of drug-likeness (QED) is 0.271. The van der Waals surface area contributed by atoms with Crippen LogP contribution in [0.2, 0.25) is 0 Å². The second-order valence-electron chi connectivity index (χ2n) is 11.0. The molecule has 172 valence electrons. The van der Waals surface area contributed by atoms with Crippen LogP contribution in [-0.4, -0.2) is 6.61 Å². The van der Waals surface area contributed by atoms with Crippen molar-refractivity contribution >= 4 is 0 Å². The van der Waals surface area contributed by atoms with Gasteiger partial charge in [0, 0.05) is 0 Å². The molecule has 1 nitrogen and oxygen atoms in total. The fourth-order valence-electron chi connectivity index (χ4n) is 7.16. The summed E-state index contributed by atoms with van der Waals surface area (Å²) in [5.74, 6) is 6.08. The second-order valence-corrected chi connectivity index (χ2v) is 11.0. The minimum atomic E-state index is 0.603. The first-order chi connectivity index (χ1) is 15.3. The summed E-state index contributed by atoms with van der Waals surface area (Å²) in [6.07, 6.45) is 23.7. The van der Waals surface area contributed by atoms with Crippen molar-refractivity contribution in [2.45, 2.75) is 103 Å². The molecule has 3 aliphatic rings. The molecule has 1 aromatic rings. The lowest BCUT2D eigenvalue weighted by molar-refractivity contribution is 0.0689. The van der Waals surface area contributed by atoms with Crippen LogP contribution in [-0.2, 0) is 12.8 Å². The van der Waals surface area contributed by atoms with Gasteiger partial charge in [-0.1, -0.05) is 70.6 Å². The summed E-state index contributed by atoms with van der Waals surface area (Å²) in [6.45, 7) is 6.68. The van der Waals surface area contributed by atoms with Crippen LogP contribution in [0.4, 0.5) is 0 Å². The van der Waals surface area contributed by atoms with Crippen molar-refractivity contribution in [2.24, 2.45) is 29.6 Å². The van der Waals surface area contributed by atoms with E-state index in [4.69, 9.17) is 4.74 Å². The minimum absolute atomic E-state index is 0.603. The van der Waals surface area contributed by atoms with Crippen molar-refractivity contribution in [1.82, 2.24) is 0 Å². The normalized spacial score (nSPS) is 30.3. The van der Waals surface area contributed by atoms with Crippen molar-refractivity contribution in [3.05, 3.63) is 42.0 Å². The zero-order valence-electron chi connectivity index (χ0n) is 20.1. The Kier molecular flexibility index (Phi) is 8.56. The van der Waals surface area contributed by atoms with Gasteiger partial charge in [-0.25, -0.2) is 0 Å². The van der Waals surface area contributed by atoms with E-state index < -0.39 is 0 Å². The van der Waals surface area contributed by atoms with Crippen molar-refractivity contribution in [3.63, 3.8) is 0 Å². The molecule has 0 aliphatic heterocycles. The Morgan fingerprint density at radius 1 is 0.871 bits per heavy atom. The molecule has 1 aromatic carbocycles. The first-order valence-corrected chi connectivity index (χ1v) is 13.6. The minimum Gasteiger partial charge on any atom is -0.490 e. The number of hydrogen-bond donors (Lipinski definition) is 0. The van der Waals surface area contributed by atoms with Crippen molar-refractivity contribution < 1.29 is 4.74 Å². The van der Waals surface area contributed by atoms with Crippen LogP contribution in [0.3, 0.4) is 0 Å². The summed E-state index contributed by atoms with van der Waals surface area (Å²) in [7, 11) is 0.